The van der Waals surface area contributed by atoms with Gasteiger partial charge in [-0.15, -0.1) is 11.8 Å². The number of carbonyl (C=O) groups is 1. The summed E-state index contributed by atoms with van der Waals surface area (Å²) in [4.78, 5) is 13.1. The van der Waals surface area contributed by atoms with Crippen LogP contribution < -0.4 is 5.32 Å². The first-order chi connectivity index (χ1) is 10.1. The Labute approximate surface area is 129 Å². The lowest BCUT2D eigenvalue weighted by molar-refractivity contribution is -0.115. The number of para-hydroxylation sites is 1. The van der Waals surface area contributed by atoms with Crippen LogP contribution in [0.25, 0.3) is 0 Å². The number of aliphatic hydroxyl groups excluding tert-OH is 1. The molecule has 0 spiro atoms. The van der Waals surface area contributed by atoms with Crippen molar-refractivity contribution in [3.63, 3.8) is 0 Å². The van der Waals surface area contributed by atoms with Crippen LogP contribution in [-0.2, 0) is 4.79 Å². The Balaban J connectivity index is 1.99. The summed E-state index contributed by atoms with van der Waals surface area (Å²) in [5.74, 6) is -0.0337. The van der Waals surface area contributed by atoms with Crippen molar-refractivity contribution < 1.29 is 9.90 Å². The van der Waals surface area contributed by atoms with Gasteiger partial charge in [0, 0.05) is 10.6 Å². The van der Waals surface area contributed by atoms with Gasteiger partial charge in [-0.25, -0.2) is 0 Å². The number of benzene rings is 2. The molecular formula is C17H19NO2S. The van der Waals surface area contributed by atoms with Crippen molar-refractivity contribution >= 4 is 23.4 Å². The maximum Gasteiger partial charge on any atom is 0.237 e. The Kier molecular flexibility index (Phi) is 5.42. The second-order valence-electron chi connectivity index (χ2n) is 4.86. The Bertz CT molecular complexity index is 599. The van der Waals surface area contributed by atoms with Gasteiger partial charge < -0.3 is 10.4 Å². The second kappa shape index (κ2) is 7.29. The minimum atomic E-state index is -0.501. The lowest BCUT2D eigenvalue weighted by Crippen LogP contribution is -2.22. The van der Waals surface area contributed by atoms with Crippen LogP contribution in [0, 0.1) is 0 Å². The minimum Gasteiger partial charge on any atom is -0.389 e. The van der Waals surface area contributed by atoms with Gasteiger partial charge in [0.2, 0.25) is 5.91 Å². The van der Waals surface area contributed by atoms with Gasteiger partial charge >= 0.3 is 0 Å². The zero-order chi connectivity index (χ0) is 15.2. The van der Waals surface area contributed by atoms with Crippen molar-refractivity contribution in [1.29, 1.82) is 0 Å². The molecule has 2 aromatic rings. The maximum atomic E-state index is 12.2. The van der Waals surface area contributed by atoms with Crippen LogP contribution in [0.1, 0.15) is 25.5 Å². The molecule has 2 atom stereocenters. The Hall–Kier alpha value is -1.78. The highest BCUT2D eigenvalue weighted by Crippen LogP contribution is 2.26. The molecule has 0 aliphatic carbocycles. The van der Waals surface area contributed by atoms with Gasteiger partial charge in [-0.3, -0.25) is 4.79 Å². The molecular weight excluding hydrogens is 282 g/mol. The zero-order valence-corrected chi connectivity index (χ0v) is 12.9. The number of carbonyl (C=O) groups excluding carboxylic acids is 1. The molecule has 0 aliphatic heterocycles. The number of hydrogen-bond donors (Lipinski definition) is 2. The van der Waals surface area contributed by atoms with Crippen LogP contribution in [0.15, 0.2) is 59.5 Å². The first-order valence-corrected chi connectivity index (χ1v) is 7.75. The van der Waals surface area contributed by atoms with Gasteiger partial charge in [-0.05, 0) is 43.7 Å². The van der Waals surface area contributed by atoms with Crippen molar-refractivity contribution in [2.45, 2.75) is 30.1 Å². The number of anilines is 1. The van der Waals surface area contributed by atoms with Crippen LogP contribution in [0.4, 0.5) is 5.69 Å². The quantitative estimate of drug-likeness (QED) is 0.825. The molecule has 2 unspecified atom stereocenters. The van der Waals surface area contributed by atoms with Gasteiger partial charge in [0.15, 0.2) is 0 Å². The normalized spacial score (nSPS) is 13.5. The molecule has 0 aromatic heterocycles. The molecule has 2 rings (SSSR count). The van der Waals surface area contributed by atoms with Gasteiger partial charge in [0.1, 0.15) is 0 Å². The van der Waals surface area contributed by atoms with Crippen molar-refractivity contribution in [1.82, 2.24) is 0 Å². The third kappa shape index (κ3) is 4.62. The van der Waals surface area contributed by atoms with Crippen LogP contribution in [0.5, 0.6) is 0 Å². The summed E-state index contributed by atoms with van der Waals surface area (Å²) in [6.45, 7) is 3.60. The third-order valence-corrected chi connectivity index (χ3v) is 4.16. The molecule has 2 N–H and O–H groups in total. The van der Waals surface area contributed by atoms with Crippen molar-refractivity contribution in [3.8, 4) is 0 Å². The van der Waals surface area contributed by atoms with E-state index < -0.39 is 6.10 Å². The summed E-state index contributed by atoms with van der Waals surface area (Å²) in [6, 6.07) is 17.1. The van der Waals surface area contributed by atoms with E-state index >= 15 is 0 Å². The van der Waals surface area contributed by atoms with E-state index in [2.05, 4.69) is 5.32 Å². The molecule has 0 radical (unpaired) electrons. The lowest BCUT2D eigenvalue weighted by Gasteiger charge is -2.13. The SMILES string of the molecule is CC(Sc1cccc(C(C)O)c1)C(=O)Nc1ccccc1. The number of thioether (sulfide) groups is 1. The van der Waals surface area contributed by atoms with Crippen LogP contribution in [0.3, 0.4) is 0 Å². The standard InChI is InChI=1S/C17H19NO2S/c1-12(19)14-7-6-10-16(11-14)21-13(2)17(20)18-15-8-4-3-5-9-15/h3-13,19H,1-2H3,(H,18,20). The fraction of sp³-hybridized carbons (Fsp3) is 0.235. The highest BCUT2D eigenvalue weighted by molar-refractivity contribution is 8.00. The average Bonchev–Trinajstić information content (AvgIpc) is 2.48. The summed E-state index contributed by atoms with van der Waals surface area (Å²) in [6.07, 6.45) is -0.501. The predicted octanol–water partition coefficient (Wildman–Crippen LogP) is 3.86. The molecule has 1 amide bonds. The van der Waals surface area contributed by atoms with E-state index in [1.165, 1.54) is 11.8 Å². The van der Waals surface area contributed by atoms with Crippen molar-refractivity contribution in [2.24, 2.45) is 0 Å². The first kappa shape index (κ1) is 15.6. The molecule has 0 heterocycles. The molecule has 0 bridgehead atoms. The number of aliphatic hydroxyl groups is 1. The van der Waals surface area contributed by atoms with Crippen LogP contribution >= 0.6 is 11.8 Å². The summed E-state index contributed by atoms with van der Waals surface area (Å²) in [7, 11) is 0. The Morgan fingerprint density at radius 2 is 1.81 bits per heavy atom. The molecule has 0 aliphatic rings. The van der Waals surface area contributed by atoms with Gasteiger partial charge in [-0.2, -0.15) is 0 Å². The topological polar surface area (TPSA) is 49.3 Å². The number of hydrogen-bond acceptors (Lipinski definition) is 3. The molecule has 2 aromatic carbocycles. The van der Waals surface area contributed by atoms with E-state index in [9.17, 15) is 9.90 Å². The molecule has 110 valence electrons. The molecule has 4 heteroatoms. The van der Waals surface area contributed by atoms with E-state index in [4.69, 9.17) is 0 Å². The monoisotopic (exact) mass is 301 g/mol. The van der Waals surface area contributed by atoms with Crippen LogP contribution in [-0.4, -0.2) is 16.3 Å². The summed E-state index contributed by atoms with van der Waals surface area (Å²) >= 11 is 1.48. The highest BCUT2D eigenvalue weighted by Gasteiger charge is 2.15. The van der Waals surface area contributed by atoms with Crippen molar-refractivity contribution in [2.75, 3.05) is 5.32 Å². The minimum absolute atomic E-state index is 0.0337. The first-order valence-electron chi connectivity index (χ1n) is 6.87. The van der Waals surface area contributed by atoms with Crippen molar-refractivity contribution in [3.05, 3.63) is 60.2 Å². The number of rotatable bonds is 5. The largest absolute Gasteiger partial charge is 0.389 e. The smallest absolute Gasteiger partial charge is 0.237 e. The zero-order valence-electron chi connectivity index (χ0n) is 12.1. The average molecular weight is 301 g/mol. The maximum absolute atomic E-state index is 12.2. The van der Waals surface area contributed by atoms with Gasteiger partial charge in [0.25, 0.3) is 0 Å². The Morgan fingerprint density at radius 3 is 2.48 bits per heavy atom. The van der Waals surface area contributed by atoms with E-state index in [-0.39, 0.29) is 11.2 Å². The molecule has 0 saturated heterocycles. The number of amides is 1. The lowest BCUT2D eigenvalue weighted by atomic mass is 10.1. The molecule has 0 saturated carbocycles. The molecule has 21 heavy (non-hydrogen) atoms. The third-order valence-electron chi connectivity index (χ3n) is 3.06. The number of nitrogens with one attached hydrogen (secondary N) is 1. The summed E-state index contributed by atoms with van der Waals surface area (Å²) in [5.41, 5.74) is 1.66. The predicted molar refractivity (Wildman–Crippen MR) is 87.5 cm³/mol. The summed E-state index contributed by atoms with van der Waals surface area (Å²) < 4.78 is 0. The van der Waals surface area contributed by atoms with E-state index in [1.807, 2.05) is 61.5 Å². The fourth-order valence-corrected chi connectivity index (χ4v) is 2.81. The Morgan fingerprint density at radius 1 is 1.10 bits per heavy atom. The molecule has 3 nitrogen and oxygen atoms in total. The van der Waals surface area contributed by atoms with Gasteiger partial charge in [0.05, 0.1) is 11.4 Å². The van der Waals surface area contributed by atoms with E-state index in [0.29, 0.717) is 0 Å². The highest BCUT2D eigenvalue weighted by atomic mass is 32.2. The van der Waals surface area contributed by atoms with E-state index in [0.717, 1.165) is 16.1 Å². The fourth-order valence-electron chi connectivity index (χ4n) is 1.87. The molecule has 0 fully saturated rings. The van der Waals surface area contributed by atoms with Crippen LogP contribution in [0.2, 0.25) is 0 Å². The van der Waals surface area contributed by atoms with Gasteiger partial charge in [-0.1, -0.05) is 30.3 Å². The second-order valence-corrected chi connectivity index (χ2v) is 6.28. The summed E-state index contributed by atoms with van der Waals surface area (Å²) in [5, 5.41) is 12.3. The van der Waals surface area contributed by atoms with E-state index in [1.54, 1.807) is 6.92 Å².